The fraction of sp³-hybridized carbons (Fsp3) is 0.810. The molecule has 0 aliphatic heterocycles. The number of carbonyl (C=O) groups is 2. The topological polar surface area (TPSA) is 69.4 Å². The fourth-order valence-corrected chi connectivity index (χ4v) is 2.80. The molecule has 0 unspecified atom stereocenters. The Kier molecular flexibility index (Phi) is 24.5. The van der Waals surface area contributed by atoms with Crippen LogP contribution < -0.4 is 5.73 Å². The van der Waals surface area contributed by atoms with E-state index in [0.717, 1.165) is 25.7 Å². The van der Waals surface area contributed by atoms with E-state index in [0.29, 0.717) is 0 Å². The molecular formula is C21H39NNaO3S. The van der Waals surface area contributed by atoms with Crippen molar-refractivity contribution >= 4 is 54.1 Å². The summed E-state index contributed by atoms with van der Waals surface area (Å²) in [4.78, 5) is 22.8. The molecule has 0 aliphatic rings. The summed E-state index contributed by atoms with van der Waals surface area (Å²) in [6, 6.07) is -0.823. The molecule has 0 aromatic carbocycles. The van der Waals surface area contributed by atoms with Crippen LogP contribution in [0.15, 0.2) is 12.2 Å². The summed E-state index contributed by atoms with van der Waals surface area (Å²) in [5.41, 5.74) is 5.44. The number of hydrogen-bond donors (Lipinski definition) is 2. The molecule has 1 radical (unpaired) electrons. The first-order valence-corrected chi connectivity index (χ1v) is 11.0. The van der Waals surface area contributed by atoms with Crippen LogP contribution in [-0.2, 0) is 14.3 Å². The first-order valence-electron chi connectivity index (χ1n) is 10.4. The maximum absolute atomic E-state index is 11.5. The molecule has 2 N–H and O–H groups in total. The Morgan fingerprint density at radius 1 is 0.889 bits per heavy atom. The van der Waals surface area contributed by atoms with Crippen molar-refractivity contribution in [3.63, 3.8) is 0 Å². The molecule has 0 saturated carbocycles. The van der Waals surface area contributed by atoms with Crippen molar-refractivity contribution in [1.82, 2.24) is 0 Å². The predicted octanol–water partition coefficient (Wildman–Crippen LogP) is 4.97. The van der Waals surface area contributed by atoms with Gasteiger partial charge >= 0.3 is 11.9 Å². The van der Waals surface area contributed by atoms with Crippen molar-refractivity contribution < 1.29 is 14.3 Å². The van der Waals surface area contributed by atoms with Gasteiger partial charge in [-0.15, -0.1) is 0 Å². The molecule has 27 heavy (non-hydrogen) atoms. The van der Waals surface area contributed by atoms with Crippen molar-refractivity contribution in [1.29, 1.82) is 0 Å². The third kappa shape index (κ3) is 20.7. The first-order chi connectivity index (χ1) is 12.6. The number of thiol groups is 1. The van der Waals surface area contributed by atoms with Gasteiger partial charge in [0.2, 0.25) is 0 Å². The summed E-state index contributed by atoms with van der Waals surface area (Å²) >= 11 is 3.90. The summed E-state index contributed by atoms with van der Waals surface area (Å²) < 4.78 is 4.66. The molecule has 6 heteroatoms. The molecule has 0 heterocycles. The van der Waals surface area contributed by atoms with Gasteiger partial charge in [-0.2, -0.15) is 12.6 Å². The van der Waals surface area contributed by atoms with Crippen LogP contribution >= 0.6 is 12.6 Å². The Morgan fingerprint density at radius 3 is 1.89 bits per heavy atom. The van der Waals surface area contributed by atoms with E-state index in [9.17, 15) is 9.59 Å². The predicted molar refractivity (Wildman–Crippen MR) is 118 cm³/mol. The summed E-state index contributed by atoms with van der Waals surface area (Å²) in [6.07, 6.45) is 20.6. The fourth-order valence-electron chi connectivity index (χ4n) is 2.65. The normalized spacial score (nSPS) is 12.0. The molecule has 4 nitrogen and oxygen atoms in total. The molecule has 0 aromatic heterocycles. The van der Waals surface area contributed by atoms with Gasteiger partial charge in [-0.25, -0.2) is 4.79 Å². The van der Waals surface area contributed by atoms with E-state index in [1.807, 2.05) is 0 Å². The molecule has 0 aliphatic carbocycles. The molecule has 1 atom stereocenters. The molecule has 153 valence electrons. The smallest absolute Gasteiger partial charge is 0.331 e. The monoisotopic (exact) mass is 408 g/mol. The number of nitrogens with two attached hydrogens (primary N) is 1. The van der Waals surface area contributed by atoms with Gasteiger partial charge in [0.15, 0.2) is 0 Å². The van der Waals surface area contributed by atoms with Crippen LogP contribution in [0.5, 0.6) is 0 Å². The van der Waals surface area contributed by atoms with Crippen LogP contribution in [0.2, 0.25) is 0 Å². The van der Waals surface area contributed by atoms with E-state index in [4.69, 9.17) is 5.73 Å². The van der Waals surface area contributed by atoms with Crippen LogP contribution in [0.1, 0.15) is 96.8 Å². The Balaban J connectivity index is 0. The minimum absolute atomic E-state index is 0. The zero-order chi connectivity index (χ0) is 19.5. The Labute approximate surface area is 194 Å². The van der Waals surface area contributed by atoms with Crippen LogP contribution in [0.3, 0.4) is 0 Å². The van der Waals surface area contributed by atoms with E-state index in [2.05, 4.69) is 36.4 Å². The van der Waals surface area contributed by atoms with E-state index in [1.165, 1.54) is 57.8 Å². The van der Waals surface area contributed by atoms with Crippen LogP contribution in [0.4, 0.5) is 0 Å². The van der Waals surface area contributed by atoms with E-state index in [1.54, 1.807) is 0 Å². The standard InChI is InChI=1S/C21H39NO3S.Na/c1-2-3-4-5-6-7-8-9-10-11-12-13-14-15-16-17-20(23)25-21(24)19(22)18-26;/h9-10,19,26H,2-8,11-18,22H2,1H3;/t19-;/m0./s1. The Morgan fingerprint density at radius 2 is 1.37 bits per heavy atom. The molecule has 0 aromatic rings. The van der Waals surface area contributed by atoms with Gasteiger partial charge in [0.05, 0.1) is 0 Å². The minimum atomic E-state index is -0.823. The maximum Gasteiger partial charge on any atom is 0.331 e. The Hall–Kier alpha value is 0.190. The molecular weight excluding hydrogens is 369 g/mol. The molecule has 0 amide bonds. The van der Waals surface area contributed by atoms with Gasteiger partial charge in [0.1, 0.15) is 6.04 Å². The average molecular weight is 409 g/mol. The number of esters is 2. The van der Waals surface area contributed by atoms with Gasteiger partial charge in [-0.05, 0) is 32.1 Å². The number of carbonyl (C=O) groups excluding carboxylic acids is 2. The molecule has 0 rings (SSSR count). The number of allylic oxidation sites excluding steroid dienone is 2. The number of rotatable bonds is 17. The minimum Gasteiger partial charge on any atom is -0.392 e. The molecule has 0 fully saturated rings. The summed E-state index contributed by atoms with van der Waals surface area (Å²) in [5, 5.41) is 0. The van der Waals surface area contributed by atoms with Gasteiger partial charge in [-0.1, -0.05) is 70.4 Å². The van der Waals surface area contributed by atoms with Crippen molar-refractivity contribution in [2.75, 3.05) is 5.75 Å². The van der Waals surface area contributed by atoms with Crippen LogP contribution in [-0.4, -0.2) is 53.3 Å². The van der Waals surface area contributed by atoms with Crippen molar-refractivity contribution in [3.8, 4) is 0 Å². The second kappa shape index (κ2) is 22.5. The largest absolute Gasteiger partial charge is 0.392 e. The van der Waals surface area contributed by atoms with Crippen molar-refractivity contribution in [2.45, 2.75) is 103 Å². The van der Waals surface area contributed by atoms with E-state index in [-0.39, 0.29) is 41.7 Å². The molecule has 0 saturated heterocycles. The van der Waals surface area contributed by atoms with E-state index < -0.39 is 18.0 Å². The quantitative estimate of drug-likeness (QED) is 0.0890. The van der Waals surface area contributed by atoms with Crippen LogP contribution in [0, 0.1) is 0 Å². The zero-order valence-electron chi connectivity index (χ0n) is 17.6. The summed E-state index contributed by atoms with van der Waals surface area (Å²) in [5.74, 6) is -0.984. The van der Waals surface area contributed by atoms with Gasteiger partial charge in [-0.3, -0.25) is 4.79 Å². The number of ether oxygens (including phenoxy) is 1. The van der Waals surface area contributed by atoms with E-state index >= 15 is 0 Å². The third-order valence-corrected chi connectivity index (χ3v) is 4.75. The number of hydrogen-bond acceptors (Lipinski definition) is 5. The maximum atomic E-state index is 11.5. The molecule has 0 spiro atoms. The summed E-state index contributed by atoms with van der Waals surface area (Å²) in [7, 11) is 0. The van der Waals surface area contributed by atoms with Gasteiger partial charge in [0.25, 0.3) is 0 Å². The number of unbranched alkanes of at least 4 members (excludes halogenated alkanes) is 11. The second-order valence-corrected chi connectivity index (χ2v) is 7.28. The average Bonchev–Trinajstić information content (AvgIpc) is 2.64. The van der Waals surface area contributed by atoms with Gasteiger partial charge < -0.3 is 10.5 Å². The van der Waals surface area contributed by atoms with Gasteiger partial charge in [0, 0.05) is 41.7 Å². The second-order valence-electron chi connectivity index (χ2n) is 6.92. The molecule has 0 bridgehead atoms. The van der Waals surface area contributed by atoms with Crippen LogP contribution in [0.25, 0.3) is 0 Å². The summed E-state index contributed by atoms with van der Waals surface area (Å²) in [6.45, 7) is 2.25. The third-order valence-electron chi connectivity index (χ3n) is 4.36. The zero-order valence-corrected chi connectivity index (χ0v) is 20.5. The SMILES string of the molecule is CCCCCCCCC=CCCCCCCCC(=O)OC(=O)[C@@H](N)CS.[Na]. The van der Waals surface area contributed by atoms with Crippen molar-refractivity contribution in [2.24, 2.45) is 5.73 Å². The Bertz CT molecular complexity index is 392. The van der Waals surface area contributed by atoms with Crippen molar-refractivity contribution in [3.05, 3.63) is 12.2 Å². The first kappa shape index (κ1) is 29.4.